The van der Waals surface area contributed by atoms with Crippen molar-refractivity contribution < 1.29 is 4.92 Å². The first kappa shape index (κ1) is 14.7. The van der Waals surface area contributed by atoms with Gasteiger partial charge in [-0.2, -0.15) is 0 Å². The first-order chi connectivity index (χ1) is 9.30. The van der Waals surface area contributed by atoms with Crippen LogP contribution >= 0.6 is 11.3 Å². The topological polar surface area (TPSA) is 68.1 Å². The molecule has 0 fully saturated rings. The van der Waals surface area contributed by atoms with Gasteiger partial charge in [-0.25, -0.2) is 4.98 Å². The van der Waals surface area contributed by atoms with Crippen LogP contribution in [0.2, 0.25) is 0 Å². The molecular weight excluding hydrogens is 274 g/mol. The number of rotatable bonds is 4. The summed E-state index contributed by atoms with van der Waals surface area (Å²) in [6.07, 6.45) is 0. The van der Waals surface area contributed by atoms with E-state index in [1.54, 1.807) is 11.6 Å². The van der Waals surface area contributed by atoms with Crippen LogP contribution in [0.4, 0.5) is 11.4 Å². The molecular formula is C14H19N3O2S. The molecule has 1 N–H and O–H groups in total. The Hall–Kier alpha value is -1.69. The van der Waals surface area contributed by atoms with Gasteiger partial charge in [0.25, 0.3) is 0 Å². The third-order valence-corrected chi connectivity index (χ3v) is 4.53. The third kappa shape index (κ3) is 2.90. The Morgan fingerprint density at radius 1 is 1.45 bits per heavy atom. The molecule has 1 aromatic carbocycles. The Kier molecular flexibility index (Phi) is 3.94. The van der Waals surface area contributed by atoms with E-state index in [0.29, 0.717) is 23.7 Å². The SMILES string of the molecule is CC(CNc1ccc2scnc2c1[N+](=O)[O-])C(C)(C)C. The van der Waals surface area contributed by atoms with Crippen LogP contribution in [0.3, 0.4) is 0 Å². The van der Waals surface area contributed by atoms with Gasteiger partial charge in [0.2, 0.25) is 0 Å². The van der Waals surface area contributed by atoms with E-state index in [9.17, 15) is 10.1 Å². The van der Waals surface area contributed by atoms with E-state index in [-0.39, 0.29) is 16.0 Å². The lowest BCUT2D eigenvalue weighted by molar-refractivity contribution is -0.382. The first-order valence-electron chi connectivity index (χ1n) is 6.55. The number of aromatic nitrogens is 1. The van der Waals surface area contributed by atoms with Crippen molar-refractivity contribution in [3.05, 3.63) is 27.8 Å². The second-order valence-corrected chi connectivity index (χ2v) is 6.95. The van der Waals surface area contributed by atoms with Crippen molar-refractivity contribution in [3.8, 4) is 0 Å². The molecule has 0 saturated heterocycles. The summed E-state index contributed by atoms with van der Waals surface area (Å²) in [6.45, 7) is 9.33. The minimum Gasteiger partial charge on any atom is -0.379 e. The summed E-state index contributed by atoms with van der Waals surface area (Å²) < 4.78 is 0.839. The molecule has 0 aliphatic heterocycles. The Morgan fingerprint density at radius 2 is 2.15 bits per heavy atom. The zero-order valence-corrected chi connectivity index (χ0v) is 13.0. The van der Waals surface area contributed by atoms with E-state index in [2.05, 4.69) is 38.0 Å². The number of thiazole rings is 1. The molecule has 0 bridgehead atoms. The molecule has 108 valence electrons. The number of hydrogen-bond acceptors (Lipinski definition) is 5. The molecule has 2 rings (SSSR count). The Morgan fingerprint density at radius 3 is 2.75 bits per heavy atom. The minimum atomic E-state index is -0.355. The van der Waals surface area contributed by atoms with Gasteiger partial charge >= 0.3 is 5.69 Å². The predicted octanol–water partition coefficient (Wildman–Crippen LogP) is 4.30. The molecule has 0 saturated carbocycles. The molecule has 6 heteroatoms. The van der Waals surface area contributed by atoms with Gasteiger partial charge in [0.1, 0.15) is 5.69 Å². The van der Waals surface area contributed by atoms with Gasteiger partial charge in [0.05, 0.1) is 15.1 Å². The Balaban J connectivity index is 2.30. The maximum absolute atomic E-state index is 11.3. The number of anilines is 1. The average molecular weight is 293 g/mol. The zero-order chi connectivity index (χ0) is 14.9. The second-order valence-electron chi connectivity index (χ2n) is 6.07. The molecule has 0 spiro atoms. The molecule has 1 heterocycles. The van der Waals surface area contributed by atoms with Crippen molar-refractivity contribution in [2.75, 3.05) is 11.9 Å². The van der Waals surface area contributed by atoms with Crippen molar-refractivity contribution in [2.45, 2.75) is 27.7 Å². The van der Waals surface area contributed by atoms with Gasteiger partial charge in [-0.3, -0.25) is 10.1 Å². The van der Waals surface area contributed by atoms with Crippen LogP contribution in [0.1, 0.15) is 27.7 Å². The summed E-state index contributed by atoms with van der Waals surface area (Å²) in [6, 6.07) is 3.65. The van der Waals surface area contributed by atoms with Crippen LogP contribution in [0.5, 0.6) is 0 Å². The van der Waals surface area contributed by atoms with Gasteiger partial charge in [0.15, 0.2) is 5.52 Å². The standard InChI is InChI=1S/C14H19N3O2S/c1-9(14(2,3)4)7-15-10-5-6-11-12(16-8-20-11)13(10)17(18)19/h5-6,8-9,15H,7H2,1-4H3. The lowest BCUT2D eigenvalue weighted by Crippen LogP contribution is -2.25. The van der Waals surface area contributed by atoms with E-state index in [1.807, 2.05) is 6.07 Å². The number of hydrogen-bond donors (Lipinski definition) is 1. The highest BCUT2D eigenvalue weighted by molar-refractivity contribution is 7.16. The van der Waals surface area contributed by atoms with Crippen molar-refractivity contribution in [2.24, 2.45) is 11.3 Å². The van der Waals surface area contributed by atoms with Crippen molar-refractivity contribution in [3.63, 3.8) is 0 Å². The highest BCUT2D eigenvalue weighted by atomic mass is 32.1. The van der Waals surface area contributed by atoms with Crippen LogP contribution in [0.15, 0.2) is 17.6 Å². The quantitative estimate of drug-likeness (QED) is 0.674. The fourth-order valence-electron chi connectivity index (χ4n) is 1.81. The van der Waals surface area contributed by atoms with Crippen molar-refractivity contribution >= 4 is 32.9 Å². The summed E-state index contributed by atoms with van der Waals surface area (Å²) in [5.74, 6) is 0.397. The minimum absolute atomic E-state index is 0.0739. The van der Waals surface area contributed by atoms with Crippen LogP contribution in [-0.2, 0) is 0 Å². The number of nitro groups is 1. The molecule has 0 aliphatic rings. The van der Waals surface area contributed by atoms with E-state index >= 15 is 0 Å². The molecule has 20 heavy (non-hydrogen) atoms. The van der Waals surface area contributed by atoms with Gasteiger partial charge in [-0.1, -0.05) is 27.7 Å². The summed E-state index contributed by atoms with van der Waals surface area (Å²) >= 11 is 1.41. The smallest absolute Gasteiger partial charge is 0.319 e. The van der Waals surface area contributed by atoms with E-state index in [0.717, 1.165) is 4.70 Å². The molecule has 0 aliphatic carbocycles. The van der Waals surface area contributed by atoms with Gasteiger partial charge in [0, 0.05) is 6.54 Å². The number of nitro benzene ring substituents is 1. The highest BCUT2D eigenvalue weighted by Gasteiger charge is 2.23. The number of nitrogens with zero attached hydrogens (tertiary/aromatic N) is 2. The monoisotopic (exact) mass is 293 g/mol. The maximum Gasteiger partial charge on any atom is 0.319 e. The molecule has 0 amide bonds. The maximum atomic E-state index is 11.3. The third-order valence-electron chi connectivity index (χ3n) is 3.74. The van der Waals surface area contributed by atoms with Crippen LogP contribution in [-0.4, -0.2) is 16.5 Å². The summed E-state index contributed by atoms with van der Waals surface area (Å²) in [7, 11) is 0. The van der Waals surface area contributed by atoms with Gasteiger partial charge in [-0.15, -0.1) is 11.3 Å². The zero-order valence-electron chi connectivity index (χ0n) is 12.1. The lowest BCUT2D eigenvalue weighted by atomic mass is 9.82. The molecule has 1 unspecified atom stereocenters. The summed E-state index contributed by atoms with van der Waals surface area (Å²) in [5.41, 5.74) is 2.88. The normalized spacial score (nSPS) is 13.4. The molecule has 0 radical (unpaired) electrons. The fourth-order valence-corrected chi connectivity index (χ4v) is 2.49. The van der Waals surface area contributed by atoms with Gasteiger partial charge in [-0.05, 0) is 23.5 Å². The van der Waals surface area contributed by atoms with E-state index in [1.165, 1.54) is 11.3 Å². The highest BCUT2D eigenvalue weighted by Crippen LogP contribution is 2.35. The number of fused-ring (bicyclic) bond motifs is 1. The van der Waals surface area contributed by atoms with Crippen molar-refractivity contribution in [1.29, 1.82) is 0 Å². The lowest BCUT2D eigenvalue weighted by Gasteiger charge is -2.27. The molecule has 2 aromatic rings. The second kappa shape index (κ2) is 5.36. The predicted molar refractivity (Wildman–Crippen MR) is 83.4 cm³/mol. The average Bonchev–Trinajstić information content (AvgIpc) is 2.81. The Bertz CT molecular complexity index is 631. The molecule has 1 aromatic heterocycles. The number of nitrogens with one attached hydrogen (secondary N) is 1. The largest absolute Gasteiger partial charge is 0.379 e. The number of benzene rings is 1. The van der Waals surface area contributed by atoms with E-state index in [4.69, 9.17) is 0 Å². The summed E-state index contributed by atoms with van der Waals surface area (Å²) in [5, 5.41) is 14.5. The van der Waals surface area contributed by atoms with E-state index < -0.39 is 0 Å². The Labute approximate surface area is 122 Å². The van der Waals surface area contributed by atoms with Crippen LogP contribution < -0.4 is 5.32 Å². The van der Waals surface area contributed by atoms with Gasteiger partial charge < -0.3 is 5.32 Å². The van der Waals surface area contributed by atoms with Crippen LogP contribution in [0, 0.1) is 21.4 Å². The summed E-state index contributed by atoms with van der Waals surface area (Å²) in [4.78, 5) is 15.1. The first-order valence-corrected chi connectivity index (χ1v) is 7.43. The fraction of sp³-hybridized carbons (Fsp3) is 0.500. The molecule has 1 atom stereocenters. The molecule has 5 nitrogen and oxygen atoms in total. The van der Waals surface area contributed by atoms with Crippen LogP contribution in [0.25, 0.3) is 10.2 Å². The van der Waals surface area contributed by atoms with Crippen molar-refractivity contribution in [1.82, 2.24) is 4.98 Å².